The zero-order valence-electron chi connectivity index (χ0n) is 8.95. The lowest BCUT2D eigenvalue weighted by molar-refractivity contribution is 0.0131. The molecule has 84 valence electrons. The summed E-state index contributed by atoms with van der Waals surface area (Å²) in [6.45, 7) is 1.48. The molecular weight excluding hydrogens is 192 g/mol. The average molecular weight is 210 g/mol. The third-order valence-corrected chi connectivity index (χ3v) is 2.67. The molecule has 1 aromatic heterocycles. The molecule has 2 heterocycles. The molecule has 2 N–H and O–H groups in total. The van der Waals surface area contributed by atoms with Gasteiger partial charge in [-0.2, -0.15) is 0 Å². The summed E-state index contributed by atoms with van der Waals surface area (Å²) in [5, 5.41) is 0. The maximum atomic E-state index is 5.63. The second-order valence-corrected chi connectivity index (χ2v) is 3.95. The second kappa shape index (κ2) is 5.28. The number of oxazole rings is 1. The summed E-state index contributed by atoms with van der Waals surface area (Å²) >= 11 is 0. The highest BCUT2D eigenvalue weighted by molar-refractivity contribution is 4.96. The van der Waals surface area contributed by atoms with Crippen LogP contribution >= 0.6 is 0 Å². The summed E-state index contributed by atoms with van der Waals surface area (Å²) in [6.07, 6.45) is 7.17. The van der Waals surface area contributed by atoms with Gasteiger partial charge in [0.05, 0.1) is 18.7 Å². The molecule has 0 spiro atoms. The van der Waals surface area contributed by atoms with Crippen molar-refractivity contribution in [3.8, 4) is 0 Å². The summed E-state index contributed by atoms with van der Waals surface area (Å²) in [7, 11) is 0. The Balaban J connectivity index is 1.86. The monoisotopic (exact) mass is 210 g/mol. The number of aromatic nitrogens is 1. The quantitative estimate of drug-likeness (QED) is 0.813. The highest BCUT2D eigenvalue weighted by Crippen LogP contribution is 2.17. The first-order valence-corrected chi connectivity index (χ1v) is 5.63. The standard InChI is InChI=1S/C11H18N2O2/c12-5-4-10-8-13-11(15-10)7-9-3-1-2-6-14-9/h8-9H,1-7,12H2. The molecule has 0 aliphatic carbocycles. The summed E-state index contributed by atoms with van der Waals surface area (Å²) in [5.74, 6) is 1.66. The van der Waals surface area contributed by atoms with Gasteiger partial charge in [-0.1, -0.05) is 0 Å². The van der Waals surface area contributed by atoms with Gasteiger partial charge in [0.25, 0.3) is 0 Å². The Morgan fingerprint density at radius 2 is 2.40 bits per heavy atom. The van der Waals surface area contributed by atoms with Gasteiger partial charge in [0.2, 0.25) is 0 Å². The van der Waals surface area contributed by atoms with E-state index in [9.17, 15) is 0 Å². The van der Waals surface area contributed by atoms with Crippen molar-refractivity contribution in [1.82, 2.24) is 4.98 Å². The van der Waals surface area contributed by atoms with Crippen LogP contribution in [0.15, 0.2) is 10.6 Å². The number of rotatable bonds is 4. The number of nitrogens with zero attached hydrogens (tertiary/aromatic N) is 1. The Labute approximate surface area is 89.8 Å². The van der Waals surface area contributed by atoms with Gasteiger partial charge in [0, 0.05) is 13.0 Å². The van der Waals surface area contributed by atoms with Crippen LogP contribution in [-0.2, 0) is 17.6 Å². The van der Waals surface area contributed by atoms with Crippen molar-refractivity contribution in [2.75, 3.05) is 13.2 Å². The fourth-order valence-corrected chi connectivity index (χ4v) is 1.86. The predicted octanol–water partition coefficient (Wildman–Crippen LogP) is 1.29. The van der Waals surface area contributed by atoms with E-state index in [4.69, 9.17) is 14.9 Å². The van der Waals surface area contributed by atoms with Gasteiger partial charge in [-0.15, -0.1) is 0 Å². The third kappa shape index (κ3) is 3.04. The molecule has 15 heavy (non-hydrogen) atoms. The highest BCUT2D eigenvalue weighted by atomic mass is 16.5. The predicted molar refractivity (Wildman–Crippen MR) is 56.6 cm³/mol. The van der Waals surface area contributed by atoms with Crippen molar-refractivity contribution in [3.05, 3.63) is 17.8 Å². The molecule has 1 atom stereocenters. The van der Waals surface area contributed by atoms with Crippen LogP contribution in [-0.4, -0.2) is 24.2 Å². The lowest BCUT2D eigenvalue weighted by Crippen LogP contribution is -2.21. The second-order valence-electron chi connectivity index (χ2n) is 3.95. The minimum atomic E-state index is 0.295. The Morgan fingerprint density at radius 1 is 1.47 bits per heavy atom. The highest BCUT2D eigenvalue weighted by Gasteiger charge is 2.16. The summed E-state index contributed by atoms with van der Waals surface area (Å²) < 4.78 is 11.2. The molecular formula is C11H18N2O2. The molecule has 1 aliphatic rings. The molecule has 1 saturated heterocycles. The minimum absolute atomic E-state index is 0.295. The van der Waals surface area contributed by atoms with Gasteiger partial charge >= 0.3 is 0 Å². The zero-order valence-corrected chi connectivity index (χ0v) is 8.95. The van der Waals surface area contributed by atoms with Gasteiger partial charge in [0.15, 0.2) is 5.89 Å². The van der Waals surface area contributed by atoms with Crippen LogP contribution in [0.2, 0.25) is 0 Å². The van der Waals surface area contributed by atoms with Crippen LogP contribution in [0.25, 0.3) is 0 Å². The zero-order chi connectivity index (χ0) is 10.5. The molecule has 2 rings (SSSR count). The van der Waals surface area contributed by atoms with Crippen LogP contribution in [0.1, 0.15) is 30.9 Å². The van der Waals surface area contributed by atoms with E-state index in [0.29, 0.717) is 12.6 Å². The normalized spacial score (nSPS) is 21.8. The average Bonchev–Trinajstić information content (AvgIpc) is 2.68. The maximum absolute atomic E-state index is 5.63. The molecule has 0 bridgehead atoms. The summed E-state index contributed by atoms with van der Waals surface area (Å²) in [6, 6.07) is 0. The van der Waals surface area contributed by atoms with Crippen LogP contribution in [0.5, 0.6) is 0 Å². The summed E-state index contributed by atoms with van der Waals surface area (Å²) in [5.41, 5.74) is 5.44. The van der Waals surface area contributed by atoms with Crippen molar-refractivity contribution < 1.29 is 9.15 Å². The minimum Gasteiger partial charge on any atom is -0.446 e. The first kappa shape index (κ1) is 10.6. The molecule has 4 heteroatoms. The van der Waals surface area contributed by atoms with E-state index in [1.165, 1.54) is 12.8 Å². The first-order chi connectivity index (χ1) is 7.38. The maximum Gasteiger partial charge on any atom is 0.196 e. The van der Waals surface area contributed by atoms with Gasteiger partial charge in [0.1, 0.15) is 5.76 Å². The number of nitrogens with two attached hydrogens (primary N) is 1. The van der Waals surface area contributed by atoms with Crippen LogP contribution in [0.4, 0.5) is 0 Å². The van der Waals surface area contributed by atoms with E-state index in [1.54, 1.807) is 6.20 Å². The van der Waals surface area contributed by atoms with Crippen molar-refractivity contribution in [3.63, 3.8) is 0 Å². The molecule has 4 nitrogen and oxygen atoms in total. The fraction of sp³-hybridized carbons (Fsp3) is 0.727. The molecule has 0 radical (unpaired) electrons. The van der Waals surface area contributed by atoms with Gasteiger partial charge < -0.3 is 14.9 Å². The Bertz CT molecular complexity index is 293. The van der Waals surface area contributed by atoms with Crippen molar-refractivity contribution >= 4 is 0 Å². The SMILES string of the molecule is NCCc1cnc(CC2CCCCO2)o1. The van der Waals surface area contributed by atoms with E-state index in [1.807, 2.05) is 0 Å². The molecule has 0 amide bonds. The van der Waals surface area contributed by atoms with Crippen molar-refractivity contribution in [2.24, 2.45) is 5.73 Å². The Kier molecular flexibility index (Phi) is 3.75. The van der Waals surface area contributed by atoms with E-state index in [-0.39, 0.29) is 0 Å². The lowest BCUT2D eigenvalue weighted by Gasteiger charge is -2.20. The molecule has 1 unspecified atom stereocenters. The van der Waals surface area contributed by atoms with Crippen LogP contribution < -0.4 is 5.73 Å². The number of hydrogen-bond donors (Lipinski definition) is 1. The fourth-order valence-electron chi connectivity index (χ4n) is 1.86. The molecule has 0 saturated carbocycles. The van der Waals surface area contributed by atoms with Gasteiger partial charge in [-0.3, -0.25) is 0 Å². The number of hydrogen-bond acceptors (Lipinski definition) is 4. The van der Waals surface area contributed by atoms with E-state index < -0.39 is 0 Å². The van der Waals surface area contributed by atoms with Crippen molar-refractivity contribution in [2.45, 2.75) is 38.2 Å². The number of ether oxygens (including phenoxy) is 1. The van der Waals surface area contributed by atoms with Crippen LogP contribution in [0.3, 0.4) is 0 Å². The summed E-state index contributed by atoms with van der Waals surface area (Å²) in [4.78, 5) is 4.23. The van der Waals surface area contributed by atoms with Gasteiger partial charge in [-0.25, -0.2) is 4.98 Å². The molecule has 1 aromatic rings. The smallest absolute Gasteiger partial charge is 0.196 e. The largest absolute Gasteiger partial charge is 0.446 e. The topological polar surface area (TPSA) is 61.3 Å². The van der Waals surface area contributed by atoms with Crippen LogP contribution in [0, 0.1) is 0 Å². The Morgan fingerprint density at radius 3 is 3.13 bits per heavy atom. The lowest BCUT2D eigenvalue weighted by atomic mass is 10.1. The van der Waals surface area contributed by atoms with E-state index in [2.05, 4.69) is 4.98 Å². The molecule has 1 fully saturated rings. The molecule has 0 aromatic carbocycles. The van der Waals surface area contributed by atoms with E-state index in [0.717, 1.165) is 37.5 Å². The third-order valence-electron chi connectivity index (χ3n) is 2.67. The van der Waals surface area contributed by atoms with Gasteiger partial charge in [-0.05, 0) is 25.8 Å². The first-order valence-electron chi connectivity index (χ1n) is 5.63. The molecule has 1 aliphatic heterocycles. The Hall–Kier alpha value is -0.870. The van der Waals surface area contributed by atoms with Crippen molar-refractivity contribution in [1.29, 1.82) is 0 Å². The van der Waals surface area contributed by atoms with E-state index >= 15 is 0 Å².